The molecule has 0 aliphatic carbocycles. The lowest BCUT2D eigenvalue weighted by Gasteiger charge is -2.28. The Balaban J connectivity index is 1.97. The molecule has 1 aliphatic heterocycles. The summed E-state index contributed by atoms with van der Waals surface area (Å²) < 4.78 is 27.1. The number of hydrogen-bond acceptors (Lipinski definition) is 3. The fraction of sp³-hybridized carbons (Fsp3) is 0.250. The van der Waals surface area contributed by atoms with Crippen LogP contribution >= 0.6 is 0 Å². The van der Waals surface area contributed by atoms with Crippen molar-refractivity contribution in [1.29, 1.82) is 0 Å². The molecule has 0 saturated carbocycles. The molecule has 110 valence electrons. The van der Waals surface area contributed by atoms with E-state index in [1.165, 1.54) is 9.87 Å². The van der Waals surface area contributed by atoms with Gasteiger partial charge in [-0.15, -0.1) is 0 Å². The number of rotatable bonds is 3. The Hall–Kier alpha value is -1.69. The topological polar surface area (TPSA) is 57.6 Å². The Morgan fingerprint density at radius 1 is 1.00 bits per heavy atom. The molecule has 1 N–H and O–H groups in total. The Morgan fingerprint density at radius 3 is 2.43 bits per heavy atom. The maximum atomic E-state index is 12.8. The maximum Gasteiger partial charge on any atom is 0.243 e. The van der Waals surface area contributed by atoms with Crippen LogP contribution in [-0.4, -0.2) is 24.4 Å². The Kier molecular flexibility index (Phi) is 3.80. The second-order valence-electron chi connectivity index (χ2n) is 5.12. The molecular formula is C16H17NO3S. The first-order valence-electron chi connectivity index (χ1n) is 6.88. The zero-order valence-corrected chi connectivity index (χ0v) is 12.4. The highest BCUT2D eigenvalue weighted by Crippen LogP contribution is 2.26. The number of benzene rings is 2. The number of sulfonamides is 1. The van der Waals surface area contributed by atoms with Gasteiger partial charge in [-0.1, -0.05) is 42.5 Å². The highest BCUT2D eigenvalue weighted by atomic mass is 32.2. The minimum absolute atomic E-state index is 0.201. The summed E-state index contributed by atoms with van der Waals surface area (Å²) in [5.41, 5.74) is 2.70. The molecule has 0 amide bonds. The zero-order valence-electron chi connectivity index (χ0n) is 11.6. The van der Waals surface area contributed by atoms with Crippen molar-refractivity contribution in [2.45, 2.75) is 24.5 Å². The third-order valence-electron chi connectivity index (χ3n) is 3.86. The first-order valence-corrected chi connectivity index (χ1v) is 8.32. The van der Waals surface area contributed by atoms with Crippen molar-refractivity contribution < 1.29 is 13.5 Å². The minimum atomic E-state index is -3.57. The molecule has 1 heterocycles. The molecule has 21 heavy (non-hydrogen) atoms. The second-order valence-corrected chi connectivity index (χ2v) is 7.03. The Morgan fingerprint density at radius 2 is 1.67 bits per heavy atom. The van der Waals surface area contributed by atoms with Gasteiger partial charge >= 0.3 is 0 Å². The number of aliphatic hydroxyl groups is 1. The van der Waals surface area contributed by atoms with Crippen molar-refractivity contribution in [3.63, 3.8) is 0 Å². The molecule has 1 aliphatic rings. The van der Waals surface area contributed by atoms with Gasteiger partial charge in [-0.3, -0.25) is 0 Å². The van der Waals surface area contributed by atoms with Gasteiger partial charge in [0.2, 0.25) is 10.0 Å². The zero-order chi connectivity index (χ0) is 14.9. The molecule has 0 spiro atoms. The Bertz CT molecular complexity index is 756. The third kappa shape index (κ3) is 2.60. The average Bonchev–Trinajstić information content (AvgIpc) is 2.54. The van der Waals surface area contributed by atoms with Crippen molar-refractivity contribution in [3.8, 4) is 0 Å². The molecule has 0 unspecified atom stereocenters. The standard InChI is InChI=1S/C16H17NO3S/c18-12-15-7-3-4-8-16(15)21(19,20)17-10-9-13-5-1-2-6-14(13)11-17/h1-8,18H,9-12H2. The highest BCUT2D eigenvalue weighted by Gasteiger charge is 2.29. The van der Waals surface area contributed by atoms with Gasteiger partial charge < -0.3 is 5.11 Å². The molecule has 3 rings (SSSR count). The molecular weight excluding hydrogens is 286 g/mol. The van der Waals surface area contributed by atoms with Crippen LogP contribution in [0.2, 0.25) is 0 Å². The van der Waals surface area contributed by atoms with Crippen LogP contribution in [0.15, 0.2) is 53.4 Å². The van der Waals surface area contributed by atoms with E-state index < -0.39 is 10.0 Å². The molecule has 0 fully saturated rings. The van der Waals surface area contributed by atoms with Gasteiger partial charge in [-0.05, 0) is 29.2 Å². The summed E-state index contributed by atoms with van der Waals surface area (Å²) in [5, 5.41) is 9.35. The largest absolute Gasteiger partial charge is 0.392 e. The summed E-state index contributed by atoms with van der Waals surface area (Å²) in [6.07, 6.45) is 0.719. The van der Waals surface area contributed by atoms with Crippen LogP contribution in [0.4, 0.5) is 0 Å². The van der Waals surface area contributed by atoms with E-state index in [2.05, 4.69) is 0 Å². The number of fused-ring (bicyclic) bond motifs is 1. The summed E-state index contributed by atoms with van der Waals surface area (Å²) in [7, 11) is -3.57. The first-order chi connectivity index (χ1) is 10.1. The quantitative estimate of drug-likeness (QED) is 0.942. The maximum absolute atomic E-state index is 12.8. The van der Waals surface area contributed by atoms with Crippen molar-refractivity contribution in [1.82, 2.24) is 4.31 Å². The molecule has 2 aromatic carbocycles. The van der Waals surface area contributed by atoms with Crippen molar-refractivity contribution in [2.24, 2.45) is 0 Å². The summed E-state index contributed by atoms with van der Waals surface area (Å²) in [6.45, 7) is 0.581. The van der Waals surface area contributed by atoms with Crippen LogP contribution in [0.3, 0.4) is 0 Å². The van der Waals surface area contributed by atoms with E-state index in [9.17, 15) is 13.5 Å². The minimum Gasteiger partial charge on any atom is -0.392 e. The van der Waals surface area contributed by atoms with E-state index in [-0.39, 0.29) is 11.5 Å². The Labute approximate surface area is 124 Å². The van der Waals surface area contributed by atoms with Gasteiger partial charge in [-0.2, -0.15) is 4.31 Å². The van der Waals surface area contributed by atoms with Crippen LogP contribution in [0, 0.1) is 0 Å². The lowest BCUT2D eigenvalue weighted by molar-refractivity contribution is 0.278. The van der Waals surface area contributed by atoms with Crippen molar-refractivity contribution in [2.75, 3.05) is 6.54 Å². The van der Waals surface area contributed by atoms with Crippen LogP contribution in [0.25, 0.3) is 0 Å². The van der Waals surface area contributed by atoms with Crippen LogP contribution < -0.4 is 0 Å². The SMILES string of the molecule is O=S(=O)(c1ccccc1CO)N1CCc2ccccc2C1. The van der Waals surface area contributed by atoms with Crippen LogP contribution in [0.1, 0.15) is 16.7 Å². The van der Waals surface area contributed by atoms with E-state index in [1.807, 2.05) is 24.3 Å². The lowest BCUT2D eigenvalue weighted by atomic mass is 10.0. The van der Waals surface area contributed by atoms with Gasteiger partial charge in [0.15, 0.2) is 0 Å². The van der Waals surface area contributed by atoms with E-state index >= 15 is 0 Å². The number of aliphatic hydroxyl groups excluding tert-OH is 1. The second kappa shape index (κ2) is 5.60. The molecule has 0 aromatic heterocycles. The molecule has 0 bridgehead atoms. The smallest absolute Gasteiger partial charge is 0.243 e. The predicted molar refractivity (Wildman–Crippen MR) is 80.1 cm³/mol. The van der Waals surface area contributed by atoms with Crippen LogP contribution in [-0.2, 0) is 29.6 Å². The third-order valence-corrected chi connectivity index (χ3v) is 5.80. The summed E-state index contributed by atoms with van der Waals surface area (Å²) in [6, 6.07) is 14.5. The molecule has 5 heteroatoms. The highest BCUT2D eigenvalue weighted by molar-refractivity contribution is 7.89. The lowest BCUT2D eigenvalue weighted by Crippen LogP contribution is -2.36. The molecule has 4 nitrogen and oxygen atoms in total. The first kappa shape index (κ1) is 14.3. The van der Waals surface area contributed by atoms with Gasteiger partial charge in [0.25, 0.3) is 0 Å². The monoisotopic (exact) mass is 303 g/mol. The normalized spacial score (nSPS) is 15.7. The van der Waals surface area contributed by atoms with Crippen molar-refractivity contribution >= 4 is 10.0 Å². The van der Waals surface area contributed by atoms with Gasteiger partial charge in [0.05, 0.1) is 11.5 Å². The molecule has 0 atom stereocenters. The van der Waals surface area contributed by atoms with Crippen molar-refractivity contribution in [3.05, 3.63) is 65.2 Å². The van der Waals surface area contributed by atoms with Crippen LogP contribution in [0.5, 0.6) is 0 Å². The van der Waals surface area contributed by atoms with E-state index in [4.69, 9.17) is 0 Å². The fourth-order valence-electron chi connectivity index (χ4n) is 2.70. The molecule has 0 radical (unpaired) electrons. The van der Waals surface area contributed by atoms with Gasteiger partial charge in [-0.25, -0.2) is 8.42 Å². The van der Waals surface area contributed by atoms with E-state index in [1.54, 1.807) is 24.3 Å². The number of nitrogens with zero attached hydrogens (tertiary/aromatic N) is 1. The predicted octanol–water partition coefficient (Wildman–Crippen LogP) is 1.93. The summed E-state index contributed by atoms with van der Waals surface area (Å²) in [5.74, 6) is 0. The summed E-state index contributed by atoms with van der Waals surface area (Å²) in [4.78, 5) is 0.201. The molecule has 0 saturated heterocycles. The fourth-order valence-corrected chi connectivity index (χ4v) is 4.33. The number of hydrogen-bond donors (Lipinski definition) is 1. The van der Waals surface area contributed by atoms with Gasteiger partial charge in [0.1, 0.15) is 0 Å². The van der Waals surface area contributed by atoms with E-state index in [0.29, 0.717) is 18.7 Å². The average molecular weight is 303 g/mol. The molecule has 2 aromatic rings. The van der Waals surface area contributed by atoms with E-state index in [0.717, 1.165) is 12.0 Å². The van der Waals surface area contributed by atoms with Gasteiger partial charge in [0, 0.05) is 13.1 Å². The summed E-state index contributed by atoms with van der Waals surface area (Å²) >= 11 is 0.